The number of anilines is 1. The molecule has 1 rings (SSSR count). The summed E-state index contributed by atoms with van der Waals surface area (Å²) in [4.78, 5) is 0. The molecule has 0 saturated heterocycles. The quantitative estimate of drug-likeness (QED) is 0.649. The second-order valence-corrected chi connectivity index (χ2v) is 3.47. The van der Waals surface area contributed by atoms with Gasteiger partial charge in [-0.2, -0.15) is 5.10 Å². The molecule has 0 aliphatic heterocycles. The molecule has 1 aromatic heterocycles. The summed E-state index contributed by atoms with van der Waals surface area (Å²) in [5.41, 5.74) is 1.08. The van der Waals surface area contributed by atoms with Gasteiger partial charge in [0.2, 0.25) is 0 Å². The molecular weight excluding hydrogens is 178 g/mol. The number of aliphatic hydroxyl groups excluding tert-OH is 1. The van der Waals surface area contributed by atoms with Gasteiger partial charge in [-0.3, -0.25) is 4.68 Å². The van der Waals surface area contributed by atoms with E-state index in [9.17, 15) is 0 Å². The molecule has 0 aliphatic carbocycles. The summed E-state index contributed by atoms with van der Waals surface area (Å²) >= 11 is 0. The summed E-state index contributed by atoms with van der Waals surface area (Å²) < 4.78 is 1.79. The maximum atomic E-state index is 8.58. The molecule has 0 aliphatic rings. The second-order valence-electron chi connectivity index (χ2n) is 3.47. The number of aliphatic hydroxyl groups is 1. The number of aromatic nitrogens is 2. The van der Waals surface area contributed by atoms with Gasteiger partial charge in [0.05, 0.1) is 11.9 Å². The number of unbranched alkanes of at least 4 members (excludes halogenated alkanes) is 3. The first kappa shape index (κ1) is 11.0. The van der Waals surface area contributed by atoms with Crippen molar-refractivity contribution in [1.82, 2.24) is 9.78 Å². The molecule has 0 fully saturated rings. The minimum absolute atomic E-state index is 0.316. The van der Waals surface area contributed by atoms with E-state index in [0.29, 0.717) is 6.61 Å². The molecule has 0 spiro atoms. The van der Waals surface area contributed by atoms with Crippen LogP contribution in [-0.2, 0) is 7.05 Å². The van der Waals surface area contributed by atoms with Crippen molar-refractivity contribution in [1.29, 1.82) is 0 Å². The highest BCUT2D eigenvalue weighted by molar-refractivity contribution is 5.37. The van der Waals surface area contributed by atoms with Gasteiger partial charge in [0.1, 0.15) is 0 Å². The van der Waals surface area contributed by atoms with Crippen molar-refractivity contribution in [2.45, 2.75) is 25.7 Å². The van der Waals surface area contributed by atoms with Crippen LogP contribution in [0.4, 0.5) is 5.69 Å². The Morgan fingerprint density at radius 1 is 1.36 bits per heavy atom. The highest BCUT2D eigenvalue weighted by atomic mass is 16.2. The Morgan fingerprint density at radius 2 is 2.14 bits per heavy atom. The Kier molecular flexibility index (Phi) is 5.07. The van der Waals surface area contributed by atoms with E-state index in [2.05, 4.69) is 10.4 Å². The van der Waals surface area contributed by atoms with E-state index in [1.54, 1.807) is 4.68 Å². The summed E-state index contributed by atoms with van der Waals surface area (Å²) in [5.74, 6) is 0. The lowest BCUT2D eigenvalue weighted by Crippen LogP contribution is -2.00. The van der Waals surface area contributed by atoms with Crippen LogP contribution in [-0.4, -0.2) is 28.0 Å². The predicted octanol–water partition coefficient (Wildman–Crippen LogP) is 1.38. The lowest BCUT2D eigenvalue weighted by Gasteiger charge is -2.02. The van der Waals surface area contributed by atoms with E-state index in [0.717, 1.165) is 31.5 Å². The molecule has 0 radical (unpaired) electrons. The standard InChI is InChI=1S/C10H19N3O/c1-13-9-10(8-12-13)11-6-4-2-3-5-7-14/h8-9,11,14H,2-7H2,1H3. The summed E-state index contributed by atoms with van der Waals surface area (Å²) in [6.45, 7) is 1.30. The van der Waals surface area contributed by atoms with Crippen molar-refractivity contribution in [3.8, 4) is 0 Å². The largest absolute Gasteiger partial charge is 0.396 e. The Balaban J connectivity index is 1.99. The Bertz CT molecular complexity index is 247. The van der Waals surface area contributed by atoms with E-state index in [-0.39, 0.29) is 0 Å². The molecule has 4 nitrogen and oxygen atoms in total. The van der Waals surface area contributed by atoms with Crippen molar-refractivity contribution < 1.29 is 5.11 Å². The average Bonchev–Trinajstić information content (AvgIpc) is 2.58. The molecule has 0 amide bonds. The molecule has 2 N–H and O–H groups in total. The maximum absolute atomic E-state index is 8.58. The topological polar surface area (TPSA) is 50.1 Å². The van der Waals surface area contributed by atoms with Gasteiger partial charge in [0.25, 0.3) is 0 Å². The third-order valence-corrected chi connectivity index (χ3v) is 2.12. The van der Waals surface area contributed by atoms with Crippen molar-refractivity contribution >= 4 is 5.69 Å². The van der Waals surface area contributed by atoms with Gasteiger partial charge in [-0.1, -0.05) is 12.8 Å². The number of nitrogens with zero attached hydrogens (tertiary/aromatic N) is 2. The fourth-order valence-electron chi connectivity index (χ4n) is 1.34. The number of aryl methyl sites for hydroxylation is 1. The molecule has 80 valence electrons. The molecule has 0 unspecified atom stereocenters. The van der Waals surface area contributed by atoms with Crippen LogP contribution < -0.4 is 5.32 Å². The fourth-order valence-corrected chi connectivity index (χ4v) is 1.34. The van der Waals surface area contributed by atoms with Crippen molar-refractivity contribution in [3.63, 3.8) is 0 Å². The summed E-state index contributed by atoms with van der Waals surface area (Å²) in [5, 5.41) is 15.9. The molecular formula is C10H19N3O. The SMILES string of the molecule is Cn1cc(NCCCCCCO)cn1. The summed E-state index contributed by atoms with van der Waals surface area (Å²) in [7, 11) is 1.91. The van der Waals surface area contributed by atoms with Crippen LogP contribution in [0, 0.1) is 0 Å². The van der Waals surface area contributed by atoms with E-state index in [1.807, 2.05) is 19.4 Å². The van der Waals surface area contributed by atoms with Crippen LogP contribution in [0.2, 0.25) is 0 Å². The van der Waals surface area contributed by atoms with Gasteiger partial charge in [-0.15, -0.1) is 0 Å². The Labute approximate surface area is 84.9 Å². The van der Waals surface area contributed by atoms with E-state index >= 15 is 0 Å². The molecule has 1 aromatic rings. The first-order chi connectivity index (χ1) is 6.83. The first-order valence-corrected chi connectivity index (χ1v) is 5.16. The fraction of sp³-hybridized carbons (Fsp3) is 0.700. The zero-order chi connectivity index (χ0) is 10.2. The van der Waals surface area contributed by atoms with Gasteiger partial charge in [-0.25, -0.2) is 0 Å². The van der Waals surface area contributed by atoms with Crippen molar-refractivity contribution in [3.05, 3.63) is 12.4 Å². The molecule has 0 saturated carbocycles. The van der Waals surface area contributed by atoms with Crippen molar-refractivity contribution in [2.24, 2.45) is 7.05 Å². The molecule has 14 heavy (non-hydrogen) atoms. The number of rotatable bonds is 7. The number of hydrogen-bond donors (Lipinski definition) is 2. The maximum Gasteiger partial charge on any atom is 0.0726 e. The third kappa shape index (κ3) is 4.28. The van der Waals surface area contributed by atoms with E-state index < -0.39 is 0 Å². The number of nitrogens with one attached hydrogen (secondary N) is 1. The Morgan fingerprint density at radius 3 is 2.79 bits per heavy atom. The lowest BCUT2D eigenvalue weighted by atomic mass is 10.2. The van der Waals surface area contributed by atoms with Gasteiger partial charge in [-0.05, 0) is 12.8 Å². The van der Waals surface area contributed by atoms with Crippen LogP contribution in [0.5, 0.6) is 0 Å². The zero-order valence-corrected chi connectivity index (χ0v) is 8.74. The number of hydrogen-bond acceptors (Lipinski definition) is 3. The van der Waals surface area contributed by atoms with Crippen LogP contribution in [0.25, 0.3) is 0 Å². The van der Waals surface area contributed by atoms with Crippen LogP contribution in [0.1, 0.15) is 25.7 Å². The third-order valence-electron chi connectivity index (χ3n) is 2.12. The van der Waals surface area contributed by atoms with Gasteiger partial charge < -0.3 is 10.4 Å². The van der Waals surface area contributed by atoms with Crippen LogP contribution >= 0.6 is 0 Å². The summed E-state index contributed by atoms with van der Waals surface area (Å²) in [6.07, 6.45) is 8.16. The highest BCUT2D eigenvalue weighted by Crippen LogP contribution is 2.04. The lowest BCUT2D eigenvalue weighted by molar-refractivity contribution is 0.283. The van der Waals surface area contributed by atoms with Crippen LogP contribution in [0.15, 0.2) is 12.4 Å². The van der Waals surface area contributed by atoms with Gasteiger partial charge in [0.15, 0.2) is 0 Å². The molecule has 4 heteroatoms. The zero-order valence-electron chi connectivity index (χ0n) is 8.74. The normalized spacial score (nSPS) is 10.4. The van der Waals surface area contributed by atoms with Crippen LogP contribution in [0.3, 0.4) is 0 Å². The van der Waals surface area contributed by atoms with E-state index in [4.69, 9.17) is 5.11 Å². The van der Waals surface area contributed by atoms with Crippen molar-refractivity contribution in [2.75, 3.05) is 18.5 Å². The summed E-state index contributed by atoms with van der Waals surface area (Å²) in [6, 6.07) is 0. The monoisotopic (exact) mass is 197 g/mol. The molecule has 0 bridgehead atoms. The second kappa shape index (κ2) is 6.43. The first-order valence-electron chi connectivity index (χ1n) is 5.16. The predicted molar refractivity (Wildman–Crippen MR) is 57.3 cm³/mol. The average molecular weight is 197 g/mol. The van der Waals surface area contributed by atoms with E-state index in [1.165, 1.54) is 6.42 Å². The minimum Gasteiger partial charge on any atom is -0.396 e. The Hall–Kier alpha value is -1.03. The molecule has 1 heterocycles. The minimum atomic E-state index is 0.316. The highest BCUT2D eigenvalue weighted by Gasteiger charge is 1.94. The molecule has 0 atom stereocenters. The van der Waals surface area contributed by atoms with Gasteiger partial charge in [0, 0.05) is 26.4 Å². The smallest absolute Gasteiger partial charge is 0.0726 e. The molecule has 0 aromatic carbocycles. The van der Waals surface area contributed by atoms with Gasteiger partial charge >= 0.3 is 0 Å².